The van der Waals surface area contributed by atoms with Crippen molar-refractivity contribution in [3.05, 3.63) is 56.9 Å². The zero-order valence-electron chi connectivity index (χ0n) is 13.6. The van der Waals surface area contributed by atoms with Crippen molar-refractivity contribution < 1.29 is 4.74 Å². The topological polar surface area (TPSA) is 60.9 Å². The lowest BCUT2D eigenvalue weighted by atomic mass is 10.1. The monoisotopic (exact) mass is 334 g/mol. The molecule has 23 heavy (non-hydrogen) atoms. The Hall–Kier alpha value is -2.34. The Morgan fingerprint density at radius 3 is 2.48 bits per heavy atom. The van der Waals surface area contributed by atoms with Crippen molar-refractivity contribution in [2.75, 3.05) is 6.61 Å². The van der Waals surface area contributed by atoms with E-state index in [1.165, 1.54) is 9.13 Å². The van der Waals surface area contributed by atoms with E-state index in [0.717, 1.165) is 11.3 Å². The quantitative estimate of drug-likeness (QED) is 0.635. The van der Waals surface area contributed by atoms with Gasteiger partial charge in [0.2, 0.25) is 5.88 Å². The van der Waals surface area contributed by atoms with E-state index < -0.39 is 0 Å². The second kappa shape index (κ2) is 7.28. The normalized spacial score (nSPS) is 12.6. The molecule has 0 bridgehead atoms. The van der Waals surface area contributed by atoms with Gasteiger partial charge in [-0.05, 0) is 31.5 Å². The molecule has 122 valence electrons. The Morgan fingerprint density at radius 2 is 1.87 bits per heavy atom. The van der Waals surface area contributed by atoms with Gasteiger partial charge in [-0.25, -0.2) is 4.79 Å². The van der Waals surface area contributed by atoms with Crippen LogP contribution in [-0.4, -0.2) is 21.5 Å². The number of benzene rings is 1. The van der Waals surface area contributed by atoms with Crippen molar-refractivity contribution in [3.8, 4) is 5.88 Å². The maximum absolute atomic E-state index is 12.2. The Labute approximate surface area is 139 Å². The molecule has 0 amide bonds. The summed E-state index contributed by atoms with van der Waals surface area (Å²) >= 11 is 5.87. The van der Waals surface area contributed by atoms with Gasteiger partial charge in [-0.1, -0.05) is 23.7 Å². The van der Waals surface area contributed by atoms with Crippen molar-refractivity contribution >= 4 is 17.3 Å². The third kappa shape index (κ3) is 3.90. The van der Waals surface area contributed by atoms with Gasteiger partial charge in [0.05, 0.1) is 12.3 Å². The van der Waals surface area contributed by atoms with Crippen LogP contribution in [0.3, 0.4) is 0 Å². The number of ether oxygens (including phenoxy) is 1. The van der Waals surface area contributed by atoms with Gasteiger partial charge in [-0.15, -0.1) is 5.10 Å². The van der Waals surface area contributed by atoms with E-state index in [-0.39, 0.29) is 5.69 Å². The first-order valence-corrected chi connectivity index (χ1v) is 7.56. The predicted molar refractivity (Wildman–Crippen MR) is 91.0 cm³/mol. The van der Waals surface area contributed by atoms with Gasteiger partial charge in [0.15, 0.2) is 5.49 Å². The van der Waals surface area contributed by atoms with Crippen LogP contribution in [0.2, 0.25) is 5.02 Å². The third-order valence-corrected chi connectivity index (χ3v) is 3.61. The Balaban J connectivity index is 2.48. The first-order chi connectivity index (χ1) is 10.9. The minimum atomic E-state index is -0.228. The van der Waals surface area contributed by atoms with E-state index in [2.05, 4.69) is 10.2 Å². The molecule has 0 aliphatic heterocycles. The van der Waals surface area contributed by atoms with Gasteiger partial charge >= 0.3 is 5.69 Å². The third-order valence-electron chi connectivity index (χ3n) is 3.36. The summed E-state index contributed by atoms with van der Waals surface area (Å²) in [7, 11) is 3.30. The van der Waals surface area contributed by atoms with Crippen molar-refractivity contribution in [2.45, 2.75) is 13.8 Å². The average Bonchev–Trinajstić information content (AvgIpc) is 2.54. The van der Waals surface area contributed by atoms with E-state index in [0.29, 0.717) is 23.0 Å². The smallest absolute Gasteiger partial charge is 0.332 e. The summed E-state index contributed by atoms with van der Waals surface area (Å²) in [6.45, 7) is 4.17. The molecule has 0 unspecified atom stereocenters. The molecule has 0 radical (unpaired) electrons. The zero-order chi connectivity index (χ0) is 17.0. The Morgan fingerprint density at radius 1 is 1.22 bits per heavy atom. The second-order valence-electron chi connectivity index (χ2n) is 4.97. The standard InChI is InChI=1S/C16H19ClN4O2/c1-5-23-15-10-14(20(3)16(22)21(15)4)19-18-11(2)12-6-8-13(17)9-7-12/h6-10H,5H2,1-4H3/b18-11-,19-14+. The van der Waals surface area contributed by atoms with Crippen LogP contribution in [0, 0.1) is 0 Å². The summed E-state index contributed by atoms with van der Waals surface area (Å²) in [4.78, 5) is 12.2. The summed E-state index contributed by atoms with van der Waals surface area (Å²) < 4.78 is 8.29. The number of hydrogen-bond acceptors (Lipinski definition) is 4. The first-order valence-electron chi connectivity index (χ1n) is 7.18. The molecule has 0 saturated heterocycles. The molecule has 2 aromatic rings. The molecule has 2 rings (SSSR count). The minimum absolute atomic E-state index is 0.228. The van der Waals surface area contributed by atoms with Crippen LogP contribution in [0.5, 0.6) is 5.88 Å². The van der Waals surface area contributed by atoms with Crippen LogP contribution in [0.4, 0.5) is 0 Å². The van der Waals surface area contributed by atoms with Crippen LogP contribution in [0.25, 0.3) is 0 Å². The number of nitrogens with zero attached hydrogens (tertiary/aromatic N) is 4. The predicted octanol–water partition coefficient (Wildman–Crippen LogP) is 2.10. The van der Waals surface area contributed by atoms with E-state index in [1.54, 1.807) is 32.3 Å². The highest BCUT2D eigenvalue weighted by Gasteiger charge is 2.05. The van der Waals surface area contributed by atoms with Gasteiger partial charge in [0.25, 0.3) is 0 Å². The lowest BCUT2D eigenvalue weighted by molar-refractivity contribution is 0.305. The molecule has 0 fully saturated rings. The molecule has 0 saturated carbocycles. The molecule has 0 atom stereocenters. The van der Waals surface area contributed by atoms with Gasteiger partial charge in [-0.3, -0.25) is 9.13 Å². The molecule has 1 heterocycles. The van der Waals surface area contributed by atoms with Gasteiger partial charge in [0.1, 0.15) is 0 Å². The van der Waals surface area contributed by atoms with Crippen molar-refractivity contribution in [3.63, 3.8) is 0 Å². The van der Waals surface area contributed by atoms with E-state index in [9.17, 15) is 4.79 Å². The second-order valence-corrected chi connectivity index (χ2v) is 5.40. The van der Waals surface area contributed by atoms with Crippen LogP contribution >= 0.6 is 11.6 Å². The zero-order valence-corrected chi connectivity index (χ0v) is 14.3. The fourth-order valence-electron chi connectivity index (χ4n) is 1.98. The molecular formula is C16H19ClN4O2. The number of aromatic nitrogens is 2. The lowest BCUT2D eigenvalue weighted by Crippen LogP contribution is -2.37. The molecule has 0 aliphatic rings. The largest absolute Gasteiger partial charge is 0.479 e. The summed E-state index contributed by atoms with van der Waals surface area (Å²) in [5, 5.41) is 9.04. The fraction of sp³-hybridized carbons (Fsp3) is 0.312. The SMILES string of the molecule is CCOc1c/c(=N\N=C(\C)c2ccc(Cl)cc2)n(C)c(=O)n1C. The van der Waals surface area contributed by atoms with Gasteiger partial charge in [-0.2, -0.15) is 5.10 Å². The van der Waals surface area contributed by atoms with Crippen LogP contribution in [0.1, 0.15) is 19.4 Å². The molecule has 1 aromatic carbocycles. The minimum Gasteiger partial charge on any atom is -0.479 e. The maximum atomic E-state index is 12.2. The van der Waals surface area contributed by atoms with Gasteiger partial charge in [0, 0.05) is 25.2 Å². The van der Waals surface area contributed by atoms with Crippen LogP contribution in [-0.2, 0) is 14.1 Å². The average molecular weight is 335 g/mol. The highest BCUT2D eigenvalue weighted by atomic mass is 35.5. The first kappa shape index (κ1) is 17.0. The van der Waals surface area contributed by atoms with Crippen molar-refractivity contribution in [1.29, 1.82) is 0 Å². The number of rotatable bonds is 4. The molecule has 0 aliphatic carbocycles. The maximum Gasteiger partial charge on any atom is 0.332 e. The van der Waals surface area contributed by atoms with Crippen LogP contribution < -0.4 is 15.9 Å². The molecule has 0 N–H and O–H groups in total. The van der Waals surface area contributed by atoms with E-state index >= 15 is 0 Å². The summed E-state index contributed by atoms with van der Waals surface area (Å²) in [5.41, 5.74) is 1.83. The highest BCUT2D eigenvalue weighted by molar-refractivity contribution is 6.30. The lowest BCUT2D eigenvalue weighted by Gasteiger charge is -2.10. The van der Waals surface area contributed by atoms with Gasteiger partial charge < -0.3 is 4.74 Å². The molecule has 1 aromatic heterocycles. The molecule has 0 spiro atoms. The van der Waals surface area contributed by atoms with Crippen LogP contribution in [0.15, 0.2) is 45.3 Å². The summed E-state index contributed by atoms with van der Waals surface area (Å²) in [6, 6.07) is 9.00. The van der Waals surface area contributed by atoms with Crippen molar-refractivity contribution in [1.82, 2.24) is 9.13 Å². The summed E-state index contributed by atoms with van der Waals surface area (Å²) in [6.07, 6.45) is 0. The number of hydrogen-bond donors (Lipinski definition) is 0. The number of halogens is 1. The molecular weight excluding hydrogens is 316 g/mol. The summed E-state index contributed by atoms with van der Waals surface area (Å²) in [5.74, 6) is 0.452. The van der Waals surface area contributed by atoms with Crippen molar-refractivity contribution in [2.24, 2.45) is 24.3 Å². The Kier molecular flexibility index (Phi) is 5.39. The fourth-order valence-corrected chi connectivity index (χ4v) is 2.10. The van der Waals surface area contributed by atoms with E-state index in [1.807, 2.05) is 26.0 Å². The highest BCUT2D eigenvalue weighted by Crippen LogP contribution is 2.10. The molecule has 6 nitrogen and oxygen atoms in total. The Bertz CT molecular complexity index is 848. The van der Waals surface area contributed by atoms with E-state index in [4.69, 9.17) is 16.3 Å². The molecule has 7 heteroatoms.